The number of carbonyl (C=O) groups excluding carboxylic acids is 2. The molecule has 29 heavy (non-hydrogen) atoms. The van der Waals surface area contributed by atoms with Crippen LogP contribution in [0.3, 0.4) is 0 Å². The van der Waals surface area contributed by atoms with Gasteiger partial charge in [0.15, 0.2) is 11.4 Å². The number of para-hydroxylation sites is 1. The molecular formula is C19H15N3O7. The second kappa shape index (κ2) is 7.80. The molecule has 0 radical (unpaired) electrons. The predicted molar refractivity (Wildman–Crippen MR) is 100.0 cm³/mol. The highest BCUT2D eigenvalue weighted by atomic mass is 16.6. The van der Waals surface area contributed by atoms with Gasteiger partial charge in [0.1, 0.15) is 11.3 Å². The first-order chi connectivity index (χ1) is 13.9. The third-order valence-corrected chi connectivity index (χ3v) is 4.10. The summed E-state index contributed by atoms with van der Waals surface area (Å²) in [7, 11) is 2.30. The van der Waals surface area contributed by atoms with E-state index in [1.165, 1.54) is 10.7 Å². The van der Waals surface area contributed by atoms with Crippen molar-refractivity contribution in [2.75, 3.05) is 14.2 Å². The van der Waals surface area contributed by atoms with Crippen molar-refractivity contribution in [1.29, 1.82) is 0 Å². The van der Waals surface area contributed by atoms with Crippen molar-refractivity contribution >= 4 is 17.6 Å². The van der Waals surface area contributed by atoms with Crippen molar-refractivity contribution < 1.29 is 29.1 Å². The van der Waals surface area contributed by atoms with E-state index in [2.05, 4.69) is 5.10 Å². The van der Waals surface area contributed by atoms with Crippen LogP contribution in [0.25, 0.3) is 16.9 Å². The smallest absolute Gasteiger partial charge is 0.357 e. The topological polar surface area (TPSA) is 134 Å². The molecule has 0 saturated heterocycles. The molecule has 3 aromatic rings. The molecule has 0 amide bonds. The molecule has 0 unspecified atom stereocenters. The number of esters is 2. The third-order valence-electron chi connectivity index (χ3n) is 4.10. The van der Waals surface area contributed by atoms with Crippen LogP contribution >= 0.6 is 0 Å². The van der Waals surface area contributed by atoms with E-state index in [-0.39, 0.29) is 22.5 Å². The van der Waals surface area contributed by atoms with Gasteiger partial charge in [0.2, 0.25) is 0 Å². The molecule has 10 nitrogen and oxygen atoms in total. The quantitative estimate of drug-likeness (QED) is 0.395. The van der Waals surface area contributed by atoms with E-state index in [0.717, 1.165) is 26.4 Å². The lowest BCUT2D eigenvalue weighted by atomic mass is 10.0. The monoisotopic (exact) mass is 397 g/mol. The zero-order chi connectivity index (χ0) is 21.1. The molecule has 1 aromatic heterocycles. The number of nitrogens with zero attached hydrogens (tertiary/aromatic N) is 3. The molecule has 0 bridgehead atoms. The first kappa shape index (κ1) is 19.5. The summed E-state index contributed by atoms with van der Waals surface area (Å²) in [5, 5.41) is 25.3. The summed E-state index contributed by atoms with van der Waals surface area (Å²) in [5.41, 5.74) is -0.256. The van der Waals surface area contributed by atoms with Crippen molar-refractivity contribution in [1.82, 2.24) is 9.78 Å². The van der Waals surface area contributed by atoms with Crippen molar-refractivity contribution in [2.24, 2.45) is 0 Å². The molecule has 0 aliphatic heterocycles. The van der Waals surface area contributed by atoms with Gasteiger partial charge in [-0.2, -0.15) is 5.10 Å². The zero-order valence-corrected chi connectivity index (χ0v) is 15.4. The Labute approximate surface area is 164 Å². The van der Waals surface area contributed by atoms with E-state index in [9.17, 15) is 24.8 Å². The Balaban J connectivity index is 2.33. The molecule has 2 aromatic carbocycles. The average Bonchev–Trinajstić information content (AvgIpc) is 3.13. The number of nitro groups is 1. The van der Waals surface area contributed by atoms with E-state index in [0.29, 0.717) is 5.69 Å². The normalized spacial score (nSPS) is 10.4. The van der Waals surface area contributed by atoms with Crippen LogP contribution in [0.15, 0.2) is 48.5 Å². The minimum atomic E-state index is -0.861. The summed E-state index contributed by atoms with van der Waals surface area (Å²) in [6.07, 6.45) is 0. The number of phenols is 1. The van der Waals surface area contributed by atoms with Gasteiger partial charge in [0.05, 0.1) is 24.8 Å². The maximum Gasteiger partial charge on any atom is 0.357 e. The Bertz CT molecular complexity index is 1110. The van der Waals surface area contributed by atoms with Gasteiger partial charge in [-0.25, -0.2) is 14.3 Å². The van der Waals surface area contributed by atoms with Crippen LogP contribution in [0.2, 0.25) is 0 Å². The van der Waals surface area contributed by atoms with E-state index < -0.39 is 28.3 Å². The molecule has 10 heteroatoms. The summed E-state index contributed by atoms with van der Waals surface area (Å²) in [6.45, 7) is 0. The fourth-order valence-electron chi connectivity index (χ4n) is 2.78. The first-order valence-electron chi connectivity index (χ1n) is 8.21. The molecule has 0 aliphatic rings. The molecule has 0 aliphatic carbocycles. The number of benzene rings is 2. The van der Waals surface area contributed by atoms with Gasteiger partial charge >= 0.3 is 17.6 Å². The zero-order valence-electron chi connectivity index (χ0n) is 15.4. The summed E-state index contributed by atoms with van der Waals surface area (Å²) in [6, 6.07) is 12.0. The fraction of sp³-hybridized carbons (Fsp3) is 0.105. The summed E-state index contributed by atoms with van der Waals surface area (Å²) >= 11 is 0. The number of rotatable bonds is 5. The van der Waals surface area contributed by atoms with Gasteiger partial charge < -0.3 is 14.6 Å². The van der Waals surface area contributed by atoms with Crippen LogP contribution in [-0.4, -0.2) is 46.0 Å². The lowest BCUT2D eigenvalue weighted by molar-refractivity contribution is -0.385. The van der Waals surface area contributed by atoms with Gasteiger partial charge in [-0.3, -0.25) is 10.1 Å². The van der Waals surface area contributed by atoms with Crippen LogP contribution in [0.1, 0.15) is 20.8 Å². The maximum atomic E-state index is 12.5. The number of nitro benzene ring substituents is 1. The molecule has 1 N–H and O–H groups in total. The first-order valence-corrected chi connectivity index (χ1v) is 8.21. The molecule has 3 rings (SSSR count). The van der Waals surface area contributed by atoms with Gasteiger partial charge in [-0.15, -0.1) is 0 Å². The summed E-state index contributed by atoms with van der Waals surface area (Å²) in [5.74, 6) is -2.31. The van der Waals surface area contributed by atoms with Gasteiger partial charge in [-0.05, 0) is 24.3 Å². The number of hydrogen-bond donors (Lipinski definition) is 1. The van der Waals surface area contributed by atoms with E-state index >= 15 is 0 Å². The molecule has 0 atom stereocenters. The molecule has 148 valence electrons. The van der Waals surface area contributed by atoms with Crippen molar-refractivity contribution in [3.05, 3.63) is 69.9 Å². The van der Waals surface area contributed by atoms with E-state index in [1.54, 1.807) is 30.3 Å². The summed E-state index contributed by atoms with van der Waals surface area (Å²) in [4.78, 5) is 35.2. The van der Waals surface area contributed by atoms with Gasteiger partial charge in [0, 0.05) is 11.6 Å². The van der Waals surface area contributed by atoms with Crippen LogP contribution in [0.4, 0.5) is 5.69 Å². The third kappa shape index (κ3) is 3.50. The van der Waals surface area contributed by atoms with Crippen LogP contribution in [0.5, 0.6) is 5.75 Å². The minimum absolute atomic E-state index is 0.00805. The Kier molecular flexibility index (Phi) is 5.26. The standard InChI is InChI=1S/C19H15N3O7/c1-28-18(24)15-16(11-8-9-13(22(26)27)14(23)10-11)20-21(17(15)19(25)29-2)12-6-4-3-5-7-12/h3-10,23H,1-2H3. The van der Waals surface area contributed by atoms with Crippen LogP contribution < -0.4 is 0 Å². The van der Waals surface area contributed by atoms with E-state index in [4.69, 9.17) is 9.47 Å². The predicted octanol–water partition coefficient (Wildman–Crippen LogP) is 2.73. The van der Waals surface area contributed by atoms with Gasteiger partial charge in [-0.1, -0.05) is 18.2 Å². The number of aromatic nitrogens is 2. The molecule has 0 saturated carbocycles. The lowest BCUT2D eigenvalue weighted by Gasteiger charge is -2.07. The van der Waals surface area contributed by atoms with E-state index in [1.807, 2.05) is 0 Å². The second-order valence-corrected chi connectivity index (χ2v) is 5.76. The number of phenolic OH excluding ortho intramolecular Hbond substituents is 1. The highest BCUT2D eigenvalue weighted by Gasteiger charge is 2.31. The summed E-state index contributed by atoms with van der Waals surface area (Å²) < 4.78 is 10.8. The average molecular weight is 397 g/mol. The Hall–Kier alpha value is -4.21. The number of ether oxygens (including phenoxy) is 2. The number of carbonyl (C=O) groups is 2. The number of methoxy groups -OCH3 is 2. The SMILES string of the molecule is COC(=O)c1c(-c2ccc([N+](=O)[O-])c(O)c2)nn(-c2ccccc2)c1C(=O)OC. The molecule has 0 fully saturated rings. The highest BCUT2D eigenvalue weighted by Crippen LogP contribution is 2.34. The maximum absolute atomic E-state index is 12.5. The Morgan fingerprint density at radius 1 is 1.07 bits per heavy atom. The molecule has 0 spiro atoms. The molecular weight excluding hydrogens is 382 g/mol. The van der Waals surface area contributed by atoms with Crippen molar-refractivity contribution in [3.8, 4) is 22.7 Å². The van der Waals surface area contributed by atoms with Crippen LogP contribution in [0, 0.1) is 10.1 Å². The Morgan fingerprint density at radius 2 is 1.72 bits per heavy atom. The number of hydrogen-bond acceptors (Lipinski definition) is 8. The highest BCUT2D eigenvalue weighted by molar-refractivity contribution is 6.06. The second-order valence-electron chi connectivity index (χ2n) is 5.76. The van der Waals surface area contributed by atoms with Gasteiger partial charge in [0.25, 0.3) is 0 Å². The Morgan fingerprint density at radius 3 is 2.28 bits per heavy atom. The molecule has 1 heterocycles. The largest absolute Gasteiger partial charge is 0.502 e. The number of aromatic hydroxyl groups is 1. The lowest BCUT2D eigenvalue weighted by Crippen LogP contribution is -2.15. The van der Waals surface area contributed by atoms with Crippen LogP contribution in [-0.2, 0) is 9.47 Å². The fourth-order valence-corrected chi connectivity index (χ4v) is 2.78. The minimum Gasteiger partial charge on any atom is -0.502 e. The van der Waals surface area contributed by atoms with Crippen molar-refractivity contribution in [3.63, 3.8) is 0 Å². The van der Waals surface area contributed by atoms with Crippen molar-refractivity contribution in [2.45, 2.75) is 0 Å².